The number of carboxylic acid groups (broad SMARTS) is 2. The van der Waals surface area contributed by atoms with Crippen LogP contribution in [-0.4, -0.2) is 22.2 Å². The molecular weight excluding hydrogens is 244 g/mol. The molecule has 2 N–H and O–H groups in total. The van der Waals surface area contributed by atoms with Gasteiger partial charge in [-0.25, -0.2) is 0 Å². The molecule has 3 rings (SSSR count). The average molecular weight is 266 g/mol. The third-order valence-electron chi connectivity index (χ3n) is 6.81. The van der Waals surface area contributed by atoms with Crippen LogP contribution in [0, 0.1) is 28.1 Å². The fourth-order valence-electron chi connectivity index (χ4n) is 6.22. The summed E-state index contributed by atoms with van der Waals surface area (Å²) in [4.78, 5) is 24.2. The average Bonchev–Trinajstić information content (AvgIpc) is 2.95. The van der Waals surface area contributed by atoms with Crippen LogP contribution in [0.25, 0.3) is 0 Å². The number of carbonyl (C=O) groups is 2. The summed E-state index contributed by atoms with van der Waals surface area (Å²) in [6.45, 7) is 4.00. The molecule has 4 atom stereocenters. The first-order chi connectivity index (χ1) is 8.82. The fourth-order valence-corrected chi connectivity index (χ4v) is 6.22. The van der Waals surface area contributed by atoms with E-state index in [0.717, 1.165) is 25.7 Å². The fraction of sp³-hybridized carbons (Fsp3) is 0.867. The molecule has 4 heteroatoms. The third-order valence-corrected chi connectivity index (χ3v) is 6.81. The second kappa shape index (κ2) is 3.53. The molecule has 0 aliphatic heterocycles. The lowest BCUT2D eigenvalue weighted by Crippen LogP contribution is -2.53. The standard InChI is InChI=1S/C15H22O4/c1-13(2)9-5-3-6-10(9)14(11(16)17)7-4-8-15(13,14)12(18)19/h9-10H,3-8H2,1-2H3,(H,16,17)(H,18,19)/t9-,10+,14+,15+/m0/s1. The third kappa shape index (κ3) is 1.09. The van der Waals surface area contributed by atoms with Crippen LogP contribution in [0.15, 0.2) is 0 Å². The maximum atomic E-state index is 12.1. The molecule has 0 aromatic carbocycles. The van der Waals surface area contributed by atoms with E-state index >= 15 is 0 Å². The molecule has 0 radical (unpaired) electrons. The van der Waals surface area contributed by atoms with Gasteiger partial charge in [0.2, 0.25) is 0 Å². The van der Waals surface area contributed by atoms with Crippen molar-refractivity contribution in [3.05, 3.63) is 0 Å². The van der Waals surface area contributed by atoms with Crippen LogP contribution >= 0.6 is 0 Å². The van der Waals surface area contributed by atoms with E-state index in [9.17, 15) is 19.8 Å². The normalized spacial score (nSPS) is 46.8. The molecule has 3 aliphatic carbocycles. The number of hydrogen-bond donors (Lipinski definition) is 2. The molecule has 0 aromatic heterocycles. The van der Waals surface area contributed by atoms with Gasteiger partial charge in [0.1, 0.15) is 0 Å². The molecule has 3 fully saturated rings. The maximum absolute atomic E-state index is 12.1. The molecule has 0 bridgehead atoms. The van der Waals surface area contributed by atoms with Crippen LogP contribution < -0.4 is 0 Å². The van der Waals surface area contributed by atoms with E-state index in [-0.39, 0.29) is 11.8 Å². The second-order valence-electron chi connectivity index (χ2n) is 7.21. The second-order valence-corrected chi connectivity index (χ2v) is 7.21. The Balaban J connectivity index is 2.28. The van der Waals surface area contributed by atoms with Crippen molar-refractivity contribution in [2.24, 2.45) is 28.1 Å². The highest BCUT2D eigenvalue weighted by atomic mass is 16.4. The molecule has 0 heterocycles. The first kappa shape index (κ1) is 12.9. The molecule has 3 saturated carbocycles. The van der Waals surface area contributed by atoms with Crippen LogP contribution in [0.4, 0.5) is 0 Å². The summed E-state index contributed by atoms with van der Waals surface area (Å²) >= 11 is 0. The van der Waals surface area contributed by atoms with Gasteiger partial charge in [-0.3, -0.25) is 9.59 Å². The van der Waals surface area contributed by atoms with Gasteiger partial charge in [0, 0.05) is 0 Å². The van der Waals surface area contributed by atoms with Gasteiger partial charge < -0.3 is 10.2 Å². The van der Waals surface area contributed by atoms with Crippen LogP contribution in [0.3, 0.4) is 0 Å². The van der Waals surface area contributed by atoms with Gasteiger partial charge in [0.25, 0.3) is 0 Å². The van der Waals surface area contributed by atoms with Crippen LogP contribution in [0.1, 0.15) is 52.4 Å². The van der Waals surface area contributed by atoms with E-state index in [4.69, 9.17) is 0 Å². The number of rotatable bonds is 2. The summed E-state index contributed by atoms with van der Waals surface area (Å²) in [5, 5.41) is 19.8. The first-order valence-electron chi connectivity index (χ1n) is 7.29. The predicted molar refractivity (Wildman–Crippen MR) is 68.6 cm³/mol. The monoisotopic (exact) mass is 266 g/mol. The Morgan fingerprint density at radius 1 is 0.947 bits per heavy atom. The molecule has 0 saturated heterocycles. The van der Waals surface area contributed by atoms with Crippen LogP contribution in [0.2, 0.25) is 0 Å². The van der Waals surface area contributed by atoms with Gasteiger partial charge in [-0.2, -0.15) is 0 Å². The van der Waals surface area contributed by atoms with Crippen molar-refractivity contribution in [3.8, 4) is 0 Å². The zero-order valence-corrected chi connectivity index (χ0v) is 11.6. The zero-order valence-electron chi connectivity index (χ0n) is 11.6. The molecule has 19 heavy (non-hydrogen) atoms. The lowest BCUT2D eigenvalue weighted by molar-refractivity contribution is -0.178. The summed E-state index contributed by atoms with van der Waals surface area (Å²) in [6, 6.07) is 0. The van der Waals surface area contributed by atoms with Crippen molar-refractivity contribution >= 4 is 11.9 Å². The zero-order chi connectivity index (χ0) is 14.1. The van der Waals surface area contributed by atoms with Crippen molar-refractivity contribution < 1.29 is 19.8 Å². The van der Waals surface area contributed by atoms with Gasteiger partial charge in [0.15, 0.2) is 0 Å². The Morgan fingerprint density at radius 2 is 1.58 bits per heavy atom. The summed E-state index contributed by atoms with van der Waals surface area (Å²) in [7, 11) is 0. The predicted octanol–water partition coefficient (Wildman–Crippen LogP) is 2.77. The highest BCUT2D eigenvalue weighted by Crippen LogP contribution is 2.77. The van der Waals surface area contributed by atoms with Gasteiger partial charge in [-0.15, -0.1) is 0 Å². The highest BCUT2D eigenvalue weighted by Gasteiger charge is 2.80. The van der Waals surface area contributed by atoms with Crippen molar-refractivity contribution in [2.75, 3.05) is 0 Å². The minimum Gasteiger partial charge on any atom is -0.481 e. The smallest absolute Gasteiger partial charge is 0.311 e. The Hall–Kier alpha value is -1.06. The van der Waals surface area contributed by atoms with Gasteiger partial charge in [-0.1, -0.05) is 26.7 Å². The van der Waals surface area contributed by atoms with Crippen molar-refractivity contribution in [2.45, 2.75) is 52.4 Å². The SMILES string of the molecule is CC1(C)[C@H]2CCC[C@H]2[C@@]2(C(=O)O)CCC[C@@]12C(=O)O. The van der Waals surface area contributed by atoms with E-state index < -0.39 is 28.2 Å². The Morgan fingerprint density at radius 3 is 2.16 bits per heavy atom. The van der Waals surface area contributed by atoms with Crippen LogP contribution in [-0.2, 0) is 9.59 Å². The number of aliphatic carboxylic acids is 2. The van der Waals surface area contributed by atoms with E-state index in [1.54, 1.807) is 0 Å². The van der Waals surface area contributed by atoms with E-state index in [1.165, 1.54) is 0 Å². The highest BCUT2D eigenvalue weighted by molar-refractivity contribution is 5.90. The van der Waals surface area contributed by atoms with Gasteiger partial charge >= 0.3 is 11.9 Å². The Kier molecular flexibility index (Phi) is 2.40. The Bertz CT molecular complexity index is 455. The number of hydrogen-bond acceptors (Lipinski definition) is 2. The van der Waals surface area contributed by atoms with Crippen molar-refractivity contribution in [1.82, 2.24) is 0 Å². The van der Waals surface area contributed by atoms with Crippen LogP contribution in [0.5, 0.6) is 0 Å². The number of carboxylic acids is 2. The topological polar surface area (TPSA) is 74.6 Å². The maximum Gasteiger partial charge on any atom is 0.311 e. The minimum atomic E-state index is -1.07. The molecule has 4 nitrogen and oxygen atoms in total. The largest absolute Gasteiger partial charge is 0.481 e. The van der Waals surface area contributed by atoms with Gasteiger partial charge in [-0.05, 0) is 42.9 Å². The summed E-state index contributed by atoms with van der Waals surface area (Å²) in [6.07, 6.45) is 4.71. The lowest BCUT2D eigenvalue weighted by Gasteiger charge is -2.44. The first-order valence-corrected chi connectivity index (χ1v) is 7.29. The molecule has 3 aliphatic rings. The molecule has 106 valence electrons. The van der Waals surface area contributed by atoms with E-state index in [2.05, 4.69) is 0 Å². The van der Waals surface area contributed by atoms with Gasteiger partial charge in [0.05, 0.1) is 10.8 Å². The molecule has 0 amide bonds. The quantitative estimate of drug-likeness (QED) is 0.806. The molecule has 0 spiro atoms. The summed E-state index contributed by atoms with van der Waals surface area (Å²) < 4.78 is 0. The molecular formula is C15H22O4. The minimum absolute atomic E-state index is 0.0543. The molecule has 0 aromatic rings. The molecule has 0 unspecified atom stereocenters. The van der Waals surface area contributed by atoms with Crippen molar-refractivity contribution in [1.29, 1.82) is 0 Å². The Labute approximate surface area is 113 Å². The van der Waals surface area contributed by atoms with E-state index in [1.807, 2.05) is 13.8 Å². The number of fused-ring (bicyclic) bond motifs is 3. The summed E-state index contributed by atoms with van der Waals surface area (Å²) in [5.41, 5.74) is -2.51. The lowest BCUT2D eigenvalue weighted by atomic mass is 9.56. The van der Waals surface area contributed by atoms with Crippen molar-refractivity contribution in [3.63, 3.8) is 0 Å². The van der Waals surface area contributed by atoms with E-state index in [0.29, 0.717) is 12.8 Å². The summed E-state index contributed by atoms with van der Waals surface area (Å²) in [5.74, 6) is -1.44.